The number of ether oxygens (including phenoxy) is 1. The van der Waals surface area contributed by atoms with Gasteiger partial charge in [0.1, 0.15) is 18.8 Å². The fourth-order valence-corrected chi connectivity index (χ4v) is 3.73. The molecule has 2 aromatic carbocycles. The molecule has 6 nitrogen and oxygen atoms in total. The van der Waals surface area contributed by atoms with Gasteiger partial charge in [0.2, 0.25) is 0 Å². The number of pyridine rings is 1. The highest BCUT2D eigenvalue weighted by atomic mass is 16.5. The van der Waals surface area contributed by atoms with Crippen LogP contribution < -0.4 is 5.32 Å². The standard InChI is InChI=1S/C23H22N2O4/c26-21(22(27)15-9-11-24-12-10-15)13-25-23(28)29-14-20-18-7-3-1-5-16(18)17-6-2-4-8-19(17)20/h1-12,20-22,26-27H,13-14H2,(H,25,28). The van der Waals surface area contributed by atoms with Crippen LogP contribution in [-0.2, 0) is 4.74 Å². The number of hydrogen-bond donors (Lipinski definition) is 3. The molecule has 2 unspecified atom stereocenters. The van der Waals surface area contributed by atoms with Crippen molar-refractivity contribution in [3.05, 3.63) is 89.7 Å². The van der Waals surface area contributed by atoms with Crippen molar-refractivity contribution < 1.29 is 19.7 Å². The van der Waals surface area contributed by atoms with Crippen LogP contribution in [0.4, 0.5) is 4.79 Å². The Labute approximate surface area is 168 Å². The van der Waals surface area contributed by atoms with Crippen molar-refractivity contribution in [1.29, 1.82) is 0 Å². The van der Waals surface area contributed by atoms with Gasteiger partial charge in [-0.15, -0.1) is 0 Å². The van der Waals surface area contributed by atoms with Crippen LogP contribution >= 0.6 is 0 Å². The average molecular weight is 390 g/mol. The lowest BCUT2D eigenvalue weighted by Gasteiger charge is -2.19. The van der Waals surface area contributed by atoms with Gasteiger partial charge in [0.05, 0.1) is 0 Å². The van der Waals surface area contributed by atoms with E-state index in [2.05, 4.69) is 34.6 Å². The van der Waals surface area contributed by atoms with E-state index < -0.39 is 18.3 Å². The highest BCUT2D eigenvalue weighted by Gasteiger charge is 2.29. The number of carbonyl (C=O) groups is 1. The second-order valence-corrected chi connectivity index (χ2v) is 7.00. The minimum Gasteiger partial charge on any atom is -0.449 e. The van der Waals surface area contributed by atoms with Gasteiger partial charge >= 0.3 is 6.09 Å². The van der Waals surface area contributed by atoms with Crippen molar-refractivity contribution in [2.75, 3.05) is 13.2 Å². The lowest BCUT2D eigenvalue weighted by Crippen LogP contribution is -2.36. The van der Waals surface area contributed by atoms with Gasteiger partial charge in [0, 0.05) is 24.9 Å². The Kier molecular flexibility index (Phi) is 5.55. The van der Waals surface area contributed by atoms with Crippen molar-refractivity contribution in [2.45, 2.75) is 18.1 Å². The number of nitrogens with zero attached hydrogens (tertiary/aromatic N) is 1. The molecule has 2 atom stereocenters. The molecule has 1 aliphatic rings. The van der Waals surface area contributed by atoms with E-state index in [1.54, 1.807) is 12.1 Å². The van der Waals surface area contributed by atoms with Gasteiger partial charge in [-0.1, -0.05) is 48.5 Å². The first-order chi connectivity index (χ1) is 14.1. The average Bonchev–Trinajstić information content (AvgIpc) is 3.10. The van der Waals surface area contributed by atoms with Crippen LogP contribution in [0.15, 0.2) is 73.1 Å². The maximum atomic E-state index is 12.2. The van der Waals surface area contributed by atoms with E-state index in [-0.39, 0.29) is 19.1 Å². The highest BCUT2D eigenvalue weighted by Crippen LogP contribution is 2.44. The zero-order valence-electron chi connectivity index (χ0n) is 15.7. The number of fused-ring (bicyclic) bond motifs is 3. The third-order valence-electron chi connectivity index (χ3n) is 5.21. The SMILES string of the molecule is O=C(NCC(O)C(O)c1ccncc1)OCC1c2ccccc2-c2ccccc21. The van der Waals surface area contributed by atoms with Gasteiger partial charge < -0.3 is 20.3 Å². The first-order valence-electron chi connectivity index (χ1n) is 9.50. The highest BCUT2D eigenvalue weighted by molar-refractivity contribution is 5.79. The summed E-state index contributed by atoms with van der Waals surface area (Å²) in [4.78, 5) is 16.0. The predicted molar refractivity (Wildman–Crippen MR) is 108 cm³/mol. The number of amides is 1. The normalized spacial score (nSPS) is 14.6. The quantitative estimate of drug-likeness (QED) is 0.602. The maximum absolute atomic E-state index is 12.2. The minimum atomic E-state index is -1.15. The zero-order valence-corrected chi connectivity index (χ0v) is 15.7. The summed E-state index contributed by atoms with van der Waals surface area (Å²) in [5, 5.41) is 22.8. The molecule has 29 heavy (non-hydrogen) atoms. The number of aromatic nitrogens is 1. The summed E-state index contributed by atoms with van der Waals surface area (Å²) in [7, 11) is 0. The second kappa shape index (κ2) is 8.43. The Morgan fingerprint density at radius 1 is 0.966 bits per heavy atom. The van der Waals surface area contributed by atoms with Gasteiger partial charge in [-0.25, -0.2) is 4.79 Å². The van der Waals surface area contributed by atoms with Crippen LogP contribution in [0.3, 0.4) is 0 Å². The Balaban J connectivity index is 1.34. The molecule has 0 bridgehead atoms. The lowest BCUT2D eigenvalue weighted by atomic mass is 9.98. The summed E-state index contributed by atoms with van der Waals surface area (Å²) >= 11 is 0. The molecule has 1 heterocycles. The van der Waals surface area contributed by atoms with Crippen molar-refractivity contribution in [2.24, 2.45) is 0 Å². The summed E-state index contributed by atoms with van der Waals surface area (Å²) in [6.45, 7) is 0.0724. The summed E-state index contributed by atoms with van der Waals surface area (Å²) in [5.41, 5.74) is 5.12. The number of alkyl carbamates (subject to hydrolysis) is 1. The molecule has 0 fully saturated rings. The molecular weight excluding hydrogens is 368 g/mol. The first-order valence-corrected chi connectivity index (χ1v) is 9.50. The van der Waals surface area contributed by atoms with E-state index >= 15 is 0 Å². The molecular formula is C23H22N2O4. The first kappa shape index (κ1) is 19.1. The Morgan fingerprint density at radius 2 is 1.55 bits per heavy atom. The topological polar surface area (TPSA) is 91.7 Å². The van der Waals surface area contributed by atoms with Crippen LogP contribution in [0.2, 0.25) is 0 Å². The van der Waals surface area contributed by atoms with E-state index in [0.717, 1.165) is 22.3 Å². The van der Waals surface area contributed by atoms with Crippen LogP contribution in [0.5, 0.6) is 0 Å². The molecule has 4 rings (SSSR count). The molecule has 3 aromatic rings. The van der Waals surface area contributed by atoms with E-state index in [1.807, 2.05) is 24.3 Å². The van der Waals surface area contributed by atoms with E-state index in [0.29, 0.717) is 5.56 Å². The van der Waals surface area contributed by atoms with Gasteiger partial charge in [0.15, 0.2) is 0 Å². The van der Waals surface area contributed by atoms with Crippen LogP contribution in [0.25, 0.3) is 11.1 Å². The summed E-state index contributed by atoms with van der Waals surface area (Å²) in [6, 6.07) is 19.4. The molecule has 3 N–H and O–H groups in total. The number of rotatable bonds is 6. The zero-order chi connectivity index (χ0) is 20.2. The number of carbonyl (C=O) groups excluding carboxylic acids is 1. The fraction of sp³-hybridized carbons (Fsp3) is 0.217. The Hall–Kier alpha value is -3.22. The van der Waals surface area contributed by atoms with Crippen LogP contribution in [0, 0.1) is 0 Å². The molecule has 0 saturated heterocycles. The number of benzene rings is 2. The van der Waals surface area contributed by atoms with Crippen molar-refractivity contribution >= 4 is 6.09 Å². The number of hydrogen-bond acceptors (Lipinski definition) is 5. The molecule has 0 radical (unpaired) electrons. The predicted octanol–water partition coefficient (Wildman–Crippen LogP) is 3.01. The van der Waals surface area contributed by atoms with E-state index in [1.165, 1.54) is 12.4 Å². The molecule has 148 valence electrons. The molecule has 1 aliphatic carbocycles. The monoisotopic (exact) mass is 390 g/mol. The molecule has 6 heteroatoms. The smallest absolute Gasteiger partial charge is 0.407 e. The van der Waals surface area contributed by atoms with Gasteiger partial charge in [-0.3, -0.25) is 4.98 Å². The lowest BCUT2D eigenvalue weighted by molar-refractivity contribution is 0.0185. The summed E-state index contributed by atoms with van der Waals surface area (Å²) in [5.74, 6) is -0.0273. The van der Waals surface area contributed by atoms with Gasteiger partial charge in [-0.2, -0.15) is 0 Å². The van der Waals surface area contributed by atoms with Crippen LogP contribution in [-0.4, -0.2) is 40.5 Å². The summed E-state index contributed by atoms with van der Waals surface area (Å²) < 4.78 is 5.42. The van der Waals surface area contributed by atoms with Crippen molar-refractivity contribution in [1.82, 2.24) is 10.3 Å². The molecule has 1 aromatic heterocycles. The van der Waals surface area contributed by atoms with E-state index in [4.69, 9.17) is 4.74 Å². The Morgan fingerprint density at radius 3 is 2.17 bits per heavy atom. The third kappa shape index (κ3) is 3.99. The third-order valence-corrected chi connectivity index (χ3v) is 5.21. The maximum Gasteiger partial charge on any atom is 0.407 e. The van der Waals surface area contributed by atoms with Crippen molar-refractivity contribution in [3.8, 4) is 11.1 Å². The molecule has 0 saturated carbocycles. The summed E-state index contributed by atoms with van der Waals surface area (Å²) in [6.07, 6.45) is 0.159. The molecule has 1 amide bonds. The number of aliphatic hydroxyl groups is 2. The van der Waals surface area contributed by atoms with Gasteiger partial charge in [-0.05, 0) is 39.9 Å². The largest absolute Gasteiger partial charge is 0.449 e. The van der Waals surface area contributed by atoms with Crippen molar-refractivity contribution in [3.63, 3.8) is 0 Å². The minimum absolute atomic E-state index is 0.0273. The van der Waals surface area contributed by atoms with E-state index in [9.17, 15) is 15.0 Å². The second-order valence-electron chi connectivity index (χ2n) is 7.00. The van der Waals surface area contributed by atoms with Gasteiger partial charge in [0.25, 0.3) is 0 Å². The fourth-order valence-electron chi connectivity index (χ4n) is 3.73. The number of aliphatic hydroxyl groups excluding tert-OH is 2. The number of nitrogens with one attached hydrogen (secondary N) is 1. The Bertz CT molecular complexity index is 947. The molecule has 0 aliphatic heterocycles. The molecule has 0 spiro atoms. The van der Waals surface area contributed by atoms with Crippen LogP contribution in [0.1, 0.15) is 28.7 Å².